The smallest absolute Gasteiger partial charge is 0.207 e. The molecule has 0 saturated carbocycles. The fourth-order valence-electron chi connectivity index (χ4n) is 3.14. The number of aryl methyl sites for hydroxylation is 2. The number of hydrogen-bond donors (Lipinski definition) is 0. The van der Waals surface area contributed by atoms with Crippen LogP contribution in [0, 0.1) is 13.8 Å². The molecule has 0 spiro atoms. The molecule has 1 aromatic carbocycles. The van der Waals surface area contributed by atoms with Crippen LogP contribution in [-0.2, 0) is 10.0 Å². The van der Waals surface area contributed by atoms with Crippen molar-refractivity contribution in [1.29, 1.82) is 0 Å². The van der Waals surface area contributed by atoms with Crippen molar-refractivity contribution >= 4 is 21.4 Å². The minimum absolute atomic E-state index is 0.0240. The molecule has 0 radical (unpaired) electrons. The molecule has 124 valence electrons. The van der Waals surface area contributed by atoms with Gasteiger partial charge in [-0.2, -0.15) is 4.31 Å². The van der Waals surface area contributed by atoms with Crippen molar-refractivity contribution in [3.8, 4) is 0 Å². The normalized spacial score (nSPS) is 20.3. The molecule has 1 aliphatic heterocycles. The zero-order valence-electron chi connectivity index (χ0n) is 13.7. The number of hydrogen-bond acceptors (Lipinski definition) is 3. The molecule has 0 unspecified atom stereocenters. The van der Waals surface area contributed by atoms with E-state index in [-0.39, 0.29) is 6.04 Å². The summed E-state index contributed by atoms with van der Waals surface area (Å²) in [6, 6.07) is 9.49. The van der Waals surface area contributed by atoms with E-state index >= 15 is 0 Å². The van der Waals surface area contributed by atoms with E-state index in [0.717, 1.165) is 41.7 Å². The lowest BCUT2D eigenvalue weighted by atomic mass is 10.1. The molecule has 1 fully saturated rings. The van der Waals surface area contributed by atoms with Crippen molar-refractivity contribution < 1.29 is 8.42 Å². The van der Waals surface area contributed by atoms with Gasteiger partial charge < -0.3 is 0 Å². The monoisotopic (exact) mass is 349 g/mol. The van der Waals surface area contributed by atoms with Crippen molar-refractivity contribution in [2.24, 2.45) is 0 Å². The van der Waals surface area contributed by atoms with Gasteiger partial charge in [0.05, 0.1) is 10.9 Å². The Morgan fingerprint density at radius 2 is 1.91 bits per heavy atom. The van der Waals surface area contributed by atoms with Crippen LogP contribution in [0.3, 0.4) is 0 Å². The summed E-state index contributed by atoms with van der Waals surface area (Å²) in [5.74, 6) is 0. The molecule has 3 rings (SSSR count). The van der Waals surface area contributed by atoms with Crippen LogP contribution >= 0.6 is 11.3 Å². The molecule has 1 aliphatic rings. The number of nitrogens with zero attached hydrogens (tertiary/aromatic N) is 1. The van der Waals surface area contributed by atoms with E-state index in [1.807, 2.05) is 31.4 Å². The largest absolute Gasteiger partial charge is 0.243 e. The molecule has 23 heavy (non-hydrogen) atoms. The maximum Gasteiger partial charge on any atom is 0.243 e. The third kappa shape index (κ3) is 3.37. The van der Waals surface area contributed by atoms with Crippen LogP contribution in [-0.4, -0.2) is 19.3 Å². The van der Waals surface area contributed by atoms with Crippen LogP contribution in [0.5, 0.6) is 0 Å². The van der Waals surface area contributed by atoms with Gasteiger partial charge in [0, 0.05) is 11.4 Å². The first-order valence-corrected chi connectivity index (χ1v) is 10.4. The summed E-state index contributed by atoms with van der Waals surface area (Å²) in [5.41, 5.74) is 2.14. The summed E-state index contributed by atoms with van der Waals surface area (Å²) in [6.07, 6.45) is 4.03. The average Bonchev–Trinajstić information content (AvgIpc) is 2.93. The summed E-state index contributed by atoms with van der Waals surface area (Å²) in [4.78, 5) is 1.57. The van der Waals surface area contributed by atoms with Gasteiger partial charge in [-0.25, -0.2) is 8.42 Å². The Morgan fingerprint density at radius 3 is 2.61 bits per heavy atom. The Hall–Kier alpha value is -1.17. The Bertz CT molecular complexity index is 766. The second kappa shape index (κ2) is 6.75. The first-order chi connectivity index (χ1) is 11.0. The summed E-state index contributed by atoms with van der Waals surface area (Å²) in [5, 5.41) is 2.03. The van der Waals surface area contributed by atoms with Crippen LogP contribution < -0.4 is 0 Å². The van der Waals surface area contributed by atoms with Gasteiger partial charge in [-0.1, -0.05) is 25.0 Å². The van der Waals surface area contributed by atoms with Crippen LogP contribution in [0.2, 0.25) is 0 Å². The Labute approximate surface area is 143 Å². The van der Waals surface area contributed by atoms with Crippen molar-refractivity contribution in [2.75, 3.05) is 6.54 Å². The fourth-order valence-corrected chi connectivity index (χ4v) is 5.84. The first kappa shape index (κ1) is 16.7. The number of benzene rings is 1. The molecule has 0 bridgehead atoms. The number of thiophene rings is 1. The third-order valence-corrected chi connectivity index (χ3v) is 7.54. The predicted octanol–water partition coefficient (Wildman–Crippen LogP) is 4.67. The van der Waals surface area contributed by atoms with Gasteiger partial charge in [-0.15, -0.1) is 11.3 Å². The molecule has 0 amide bonds. The molecule has 5 heteroatoms. The van der Waals surface area contributed by atoms with Crippen LogP contribution in [0.15, 0.2) is 40.6 Å². The Kier molecular flexibility index (Phi) is 4.90. The highest BCUT2D eigenvalue weighted by Gasteiger charge is 2.33. The van der Waals surface area contributed by atoms with Gasteiger partial charge in [-0.3, -0.25) is 0 Å². The summed E-state index contributed by atoms with van der Waals surface area (Å²) >= 11 is 1.65. The minimum Gasteiger partial charge on any atom is -0.207 e. The predicted molar refractivity (Wildman–Crippen MR) is 95.3 cm³/mol. The lowest BCUT2D eigenvalue weighted by Gasteiger charge is -2.28. The van der Waals surface area contributed by atoms with E-state index < -0.39 is 10.0 Å². The fraction of sp³-hybridized carbons (Fsp3) is 0.444. The molecule has 1 saturated heterocycles. The maximum atomic E-state index is 13.2. The van der Waals surface area contributed by atoms with Gasteiger partial charge in [0.15, 0.2) is 0 Å². The molecule has 1 aromatic heterocycles. The molecular weight excluding hydrogens is 326 g/mol. The molecule has 0 aliphatic carbocycles. The van der Waals surface area contributed by atoms with Gasteiger partial charge in [-0.05, 0) is 61.4 Å². The lowest BCUT2D eigenvalue weighted by Crippen LogP contribution is -2.34. The topological polar surface area (TPSA) is 37.4 Å². The van der Waals surface area contributed by atoms with E-state index in [4.69, 9.17) is 0 Å². The highest BCUT2D eigenvalue weighted by molar-refractivity contribution is 7.89. The van der Waals surface area contributed by atoms with Crippen LogP contribution in [0.4, 0.5) is 0 Å². The van der Waals surface area contributed by atoms with E-state index in [1.165, 1.54) is 0 Å². The Morgan fingerprint density at radius 1 is 1.09 bits per heavy atom. The van der Waals surface area contributed by atoms with Crippen molar-refractivity contribution in [3.63, 3.8) is 0 Å². The van der Waals surface area contributed by atoms with E-state index in [0.29, 0.717) is 11.4 Å². The molecule has 2 heterocycles. The summed E-state index contributed by atoms with van der Waals surface area (Å²) in [6.45, 7) is 4.58. The molecule has 3 nitrogen and oxygen atoms in total. The first-order valence-electron chi connectivity index (χ1n) is 8.12. The SMILES string of the molecule is Cc1ccc(S(=O)(=O)N2CCCCC[C@H]2c2cccs2)cc1C. The second-order valence-corrected chi connectivity index (χ2v) is 9.11. The summed E-state index contributed by atoms with van der Waals surface area (Å²) in [7, 11) is -3.46. The molecule has 0 N–H and O–H groups in total. The minimum atomic E-state index is -3.46. The lowest BCUT2D eigenvalue weighted by molar-refractivity contribution is 0.333. The molecular formula is C18H23NO2S2. The maximum absolute atomic E-state index is 13.2. The van der Waals surface area contributed by atoms with Crippen molar-refractivity contribution in [1.82, 2.24) is 4.31 Å². The highest BCUT2D eigenvalue weighted by Crippen LogP contribution is 2.36. The molecule has 1 atom stereocenters. The Balaban J connectivity index is 2.02. The van der Waals surface area contributed by atoms with E-state index in [1.54, 1.807) is 27.8 Å². The summed E-state index contributed by atoms with van der Waals surface area (Å²) < 4.78 is 28.2. The zero-order chi connectivity index (χ0) is 16.4. The standard InChI is InChI=1S/C18H23NO2S2/c1-14-9-10-16(13-15(14)2)23(20,21)19-11-5-3-4-7-17(19)18-8-6-12-22-18/h6,8-10,12-13,17H,3-5,7,11H2,1-2H3/t17-/m0/s1. The van der Waals surface area contributed by atoms with Gasteiger partial charge >= 0.3 is 0 Å². The number of sulfonamides is 1. The van der Waals surface area contributed by atoms with E-state index in [9.17, 15) is 8.42 Å². The highest BCUT2D eigenvalue weighted by atomic mass is 32.2. The van der Waals surface area contributed by atoms with Crippen LogP contribution in [0.1, 0.15) is 47.7 Å². The average molecular weight is 350 g/mol. The third-order valence-electron chi connectivity index (χ3n) is 4.66. The molecule has 2 aromatic rings. The quantitative estimate of drug-likeness (QED) is 0.807. The van der Waals surface area contributed by atoms with Crippen molar-refractivity contribution in [3.05, 3.63) is 51.7 Å². The second-order valence-electron chi connectivity index (χ2n) is 6.24. The number of rotatable bonds is 3. The van der Waals surface area contributed by atoms with E-state index in [2.05, 4.69) is 6.07 Å². The van der Waals surface area contributed by atoms with Gasteiger partial charge in [0.25, 0.3) is 0 Å². The zero-order valence-corrected chi connectivity index (χ0v) is 15.3. The van der Waals surface area contributed by atoms with Crippen LogP contribution in [0.25, 0.3) is 0 Å². The van der Waals surface area contributed by atoms with Gasteiger partial charge in [0.1, 0.15) is 0 Å². The van der Waals surface area contributed by atoms with Gasteiger partial charge in [0.2, 0.25) is 10.0 Å². The van der Waals surface area contributed by atoms with Crippen molar-refractivity contribution in [2.45, 2.75) is 50.5 Å².